The van der Waals surface area contributed by atoms with Crippen LogP contribution in [0.1, 0.15) is 12.1 Å². The van der Waals surface area contributed by atoms with E-state index in [1.807, 2.05) is 30.8 Å². The summed E-state index contributed by atoms with van der Waals surface area (Å²) in [5, 5.41) is 13.2. The number of aromatic nitrogens is 2. The standard InChI is InChI=1S/C9H13N3S.ClH/c1-7-2-3-9(12-11-7)13-8-4-5-10-6-8;/h2-3,8,10H,4-6H2,1H3;1H/t8-;/m1./s1. The smallest absolute Gasteiger partial charge is 0.119 e. The minimum atomic E-state index is 0. The summed E-state index contributed by atoms with van der Waals surface area (Å²) in [5.74, 6) is 0. The highest BCUT2D eigenvalue weighted by molar-refractivity contribution is 7.99. The quantitative estimate of drug-likeness (QED) is 0.840. The predicted octanol–water partition coefficient (Wildman–Crippen LogP) is 1.66. The van der Waals surface area contributed by atoms with Gasteiger partial charge in [-0.3, -0.25) is 0 Å². The molecule has 1 fully saturated rings. The van der Waals surface area contributed by atoms with E-state index in [-0.39, 0.29) is 12.4 Å². The Bertz CT molecular complexity index is 272. The molecule has 0 bridgehead atoms. The topological polar surface area (TPSA) is 37.8 Å². The molecule has 5 heteroatoms. The van der Waals surface area contributed by atoms with Crippen LogP contribution in [-0.2, 0) is 0 Å². The van der Waals surface area contributed by atoms with Crippen LogP contribution in [-0.4, -0.2) is 28.5 Å². The number of hydrogen-bond donors (Lipinski definition) is 1. The van der Waals surface area contributed by atoms with E-state index in [0.717, 1.165) is 23.8 Å². The molecule has 0 spiro atoms. The van der Waals surface area contributed by atoms with Crippen LogP contribution >= 0.6 is 24.2 Å². The predicted molar refractivity (Wildman–Crippen MR) is 61.1 cm³/mol. The Kier molecular flexibility index (Phi) is 4.65. The highest BCUT2D eigenvalue weighted by atomic mass is 35.5. The molecule has 1 aromatic rings. The van der Waals surface area contributed by atoms with Crippen molar-refractivity contribution in [2.75, 3.05) is 13.1 Å². The average molecular weight is 232 g/mol. The summed E-state index contributed by atoms with van der Waals surface area (Å²) < 4.78 is 0. The molecule has 1 aliphatic heterocycles. The van der Waals surface area contributed by atoms with Gasteiger partial charge in [-0.05, 0) is 32.0 Å². The van der Waals surface area contributed by atoms with Gasteiger partial charge in [0.15, 0.2) is 0 Å². The second-order valence-corrected chi connectivity index (χ2v) is 4.57. The molecule has 0 aromatic carbocycles. The van der Waals surface area contributed by atoms with Crippen LogP contribution in [0, 0.1) is 6.92 Å². The summed E-state index contributed by atoms with van der Waals surface area (Å²) in [6.45, 7) is 4.19. The van der Waals surface area contributed by atoms with Crippen LogP contribution < -0.4 is 5.32 Å². The van der Waals surface area contributed by atoms with E-state index in [0.29, 0.717) is 5.25 Å². The molecule has 1 aromatic heterocycles. The van der Waals surface area contributed by atoms with Crippen LogP contribution in [0.4, 0.5) is 0 Å². The molecule has 2 heterocycles. The van der Waals surface area contributed by atoms with Crippen molar-refractivity contribution in [1.29, 1.82) is 0 Å². The second-order valence-electron chi connectivity index (χ2n) is 3.25. The normalized spacial score (nSPS) is 20.5. The third-order valence-electron chi connectivity index (χ3n) is 2.08. The highest BCUT2D eigenvalue weighted by Gasteiger charge is 2.15. The lowest BCUT2D eigenvalue weighted by molar-refractivity contribution is 0.857. The molecule has 1 atom stereocenters. The lowest BCUT2D eigenvalue weighted by Crippen LogP contribution is -2.10. The molecule has 0 amide bonds. The van der Waals surface area contributed by atoms with E-state index < -0.39 is 0 Å². The van der Waals surface area contributed by atoms with Crippen LogP contribution in [0.25, 0.3) is 0 Å². The van der Waals surface area contributed by atoms with E-state index in [9.17, 15) is 0 Å². The number of nitrogens with zero attached hydrogens (tertiary/aromatic N) is 2. The maximum atomic E-state index is 4.13. The first-order chi connectivity index (χ1) is 6.34. The third-order valence-corrected chi connectivity index (χ3v) is 3.27. The van der Waals surface area contributed by atoms with Crippen molar-refractivity contribution < 1.29 is 0 Å². The first-order valence-corrected chi connectivity index (χ1v) is 5.40. The fraction of sp³-hybridized carbons (Fsp3) is 0.556. The molecule has 0 aliphatic carbocycles. The lowest BCUT2D eigenvalue weighted by Gasteiger charge is -2.05. The van der Waals surface area contributed by atoms with Gasteiger partial charge in [-0.1, -0.05) is 11.8 Å². The van der Waals surface area contributed by atoms with E-state index in [2.05, 4.69) is 15.5 Å². The molecule has 78 valence electrons. The van der Waals surface area contributed by atoms with Gasteiger partial charge in [0.1, 0.15) is 5.03 Å². The zero-order valence-corrected chi connectivity index (χ0v) is 9.70. The van der Waals surface area contributed by atoms with Gasteiger partial charge in [0.25, 0.3) is 0 Å². The Labute approximate surface area is 94.5 Å². The van der Waals surface area contributed by atoms with Gasteiger partial charge in [-0.25, -0.2) is 0 Å². The summed E-state index contributed by atoms with van der Waals surface area (Å²) in [6.07, 6.45) is 1.24. The maximum absolute atomic E-state index is 4.13. The van der Waals surface area contributed by atoms with E-state index >= 15 is 0 Å². The van der Waals surface area contributed by atoms with Crippen molar-refractivity contribution in [2.24, 2.45) is 0 Å². The number of nitrogens with one attached hydrogen (secondary N) is 1. The minimum Gasteiger partial charge on any atom is -0.316 e. The molecule has 1 saturated heterocycles. The Morgan fingerprint density at radius 3 is 2.86 bits per heavy atom. The van der Waals surface area contributed by atoms with Gasteiger partial charge in [0.05, 0.1) is 5.69 Å². The Hall–Kier alpha value is -0.320. The van der Waals surface area contributed by atoms with Gasteiger partial charge in [-0.2, -0.15) is 5.10 Å². The van der Waals surface area contributed by atoms with E-state index in [4.69, 9.17) is 0 Å². The number of halogens is 1. The van der Waals surface area contributed by atoms with Crippen LogP contribution in [0.5, 0.6) is 0 Å². The molecule has 1 aliphatic rings. The van der Waals surface area contributed by atoms with Crippen molar-refractivity contribution in [1.82, 2.24) is 15.5 Å². The lowest BCUT2D eigenvalue weighted by atomic mass is 10.4. The fourth-order valence-electron chi connectivity index (χ4n) is 1.35. The zero-order valence-electron chi connectivity index (χ0n) is 8.06. The number of aryl methyl sites for hydroxylation is 1. The van der Waals surface area contributed by atoms with Crippen molar-refractivity contribution in [3.8, 4) is 0 Å². The summed E-state index contributed by atoms with van der Waals surface area (Å²) >= 11 is 1.82. The molecule has 1 N–H and O–H groups in total. The number of thioether (sulfide) groups is 1. The second kappa shape index (κ2) is 5.53. The molecule has 0 saturated carbocycles. The third kappa shape index (κ3) is 3.12. The SMILES string of the molecule is Cc1ccc(S[C@@H]2CCNC2)nn1.Cl. The largest absolute Gasteiger partial charge is 0.316 e. The van der Waals surface area contributed by atoms with Crippen molar-refractivity contribution in [2.45, 2.75) is 23.6 Å². The molecule has 0 radical (unpaired) electrons. The number of hydrogen-bond acceptors (Lipinski definition) is 4. The van der Waals surface area contributed by atoms with Crippen LogP contribution in [0.3, 0.4) is 0 Å². The van der Waals surface area contributed by atoms with Crippen molar-refractivity contribution in [3.63, 3.8) is 0 Å². The summed E-state index contributed by atoms with van der Waals surface area (Å²) in [7, 11) is 0. The molecule has 0 unspecified atom stereocenters. The average Bonchev–Trinajstić information content (AvgIpc) is 2.62. The molecule has 3 nitrogen and oxygen atoms in total. The van der Waals surface area contributed by atoms with Crippen molar-refractivity contribution >= 4 is 24.2 Å². The van der Waals surface area contributed by atoms with Gasteiger partial charge in [0.2, 0.25) is 0 Å². The first-order valence-electron chi connectivity index (χ1n) is 4.52. The van der Waals surface area contributed by atoms with E-state index in [1.165, 1.54) is 6.42 Å². The highest BCUT2D eigenvalue weighted by Crippen LogP contribution is 2.24. The minimum absolute atomic E-state index is 0. The van der Waals surface area contributed by atoms with Crippen LogP contribution in [0.15, 0.2) is 17.2 Å². The molecule has 2 rings (SSSR count). The summed E-state index contributed by atoms with van der Waals surface area (Å²) in [4.78, 5) is 0. The molecular weight excluding hydrogens is 218 g/mol. The van der Waals surface area contributed by atoms with Gasteiger partial charge >= 0.3 is 0 Å². The number of rotatable bonds is 2. The molecule has 14 heavy (non-hydrogen) atoms. The Morgan fingerprint density at radius 1 is 1.43 bits per heavy atom. The van der Waals surface area contributed by atoms with Crippen molar-refractivity contribution in [3.05, 3.63) is 17.8 Å². The van der Waals surface area contributed by atoms with Gasteiger partial charge in [0, 0.05) is 11.8 Å². The maximum Gasteiger partial charge on any atom is 0.119 e. The van der Waals surface area contributed by atoms with Gasteiger partial charge < -0.3 is 5.32 Å². The first kappa shape index (κ1) is 11.8. The molecular formula is C9H14ClN3S. The fourth-order valence-corrected chi connectivity index (χ4v) is 2.36. The van der Waals surface area contributed by atoms with Crippen LogP contribution in [0.2, 0.25) is 0 Å². The zero-order chi connectivity index (χ0) is 9.10. The summed E-state index contributed by atoms with van der Waals surface area (Å²) in [6, 6.07) is 4.06. The van der Waals surface area contributed by atoms with Gasteiger partial charge in [-0.15, -0.1) is 17.5 Å². The van der Waals surface area contributed by atoms with E-state index in [1.54, 1.807) is 0 Å². The summed E-state index contributed by atoms with van der Waals surface area (Å²) in [5.41, 5.74) is 0.980. The Balaban J connectivity index is 0.000000980. The Morgan fingerprint density at radius 2 is 2.29 bits per heavy atom. The monoisotopic (exact) mass is 231 g/mol.